The van der Waals surface area contributed by atoms with Gasteiger partial charge in [-0.25, -0.2) is 0 Å². The van der Waals surface area contributed by atoms with Crippen LogP contribution in [0.2, 0.25) is 0 Å². The van der Waals surface area contributed by atoms with Crippen LogP contribution in [0.3, 0.4) is 0 Å². The predicted molar refractivity (Wildman–Crippen MR) is 122 cm³/mol. The highest BCUT2D eigenvalue weighted by atomic mass is 15.0. The van der Waals surface area contributed by atoms with Crippen LogP contribution in [0.5, 0.6) is 0 Å². The smallest absolute Gasteiger partial charge is 0.218 e. The lowest BCUT2D eigenvalue weighted by atomic mass is 9.97. The van der Waals surface area contributed by atoms with Crippen LogP contribution in [-0.2, 0) is 7.05 Å². The fourth-order valence-electron chi connectivity index (χ4n) is 4.57. The van der Waals surface area contributed by atoms with Gasteiger partial charge in [-0.05, 0) is 43.0 Å². The van der Waals surface area contributed by atoms with E-state index in [4.69, 9.17) is 0 Å². The van der Waals surface area contributed by atoms with E-state index < -0.39 is 0 Å². The second-order valence-corrected chi connectivity index (χ2v) is 8.00. The van der Waals surface area contributed by atoms with Gasteiger partial charge in [-0.2, -0.15) is 4.57 Å². The third-order valence-corrected chi connectivity index (χ3v) is 5.96. The van der Waals surface area contributed by atoms with Crippen molar-refractivity contribution in [1.82, 2.24) is 4.57 Å². The highest BCUT2D eigenvalue weighted by Gasteiger charge is 2.22. The summed E-state index contributed by atoms with van der Waals surface area (Å²) in [6, 6.07) is 26.3. The van der Waals surface area contributed by atoms with Crippen LogP contribution >= 0.6 is 0 Å². The first-order valence-electron chi connectivity index (χ1n) is 10.1. The van der Waals surface area contributed by atoms with E-state index in [0.29, 0.717) is 0 Å². The number of hydrogen-bond donors (Lipinski definition) is 0. The number of aromatic nitrogens is 2. The van der Waals surface area contributed by atoms with E-state index in [2.05, 4.69) is 116 Å². The largest absolute Gasteiger partial charge is 0.349 e. The van der Waals surface area contributed by atoms with Crippen molar-refractivity contribution in [3.05, 3.63) is 95.8 Å². The molecule has 0 bridgehead atoms. The van der Waals surface area contributed by atoms with Gasteiger partial charge in [0.15, 0.2) is 5.69 Å². The number of fused-ring (bicyclic) bond motifs is 2. The lowest BCUT2D eigenvalue weighted by molar-refractivity contribution is -0.574. The van der Waals surface area contributed by atoms with E-state index in [1.807, 2.05) is 0 Å². The number of rotatable bonds is 2. The first kappa shape index (κ1) is 17.7. The number of benzene rings is 3. The van der Waals surface area contributed by atoms with Crippen molar-refractivity contribution < 1.29 is 4.57 Å². The molecule has 0 aliphatic heterocycles. The number of pyridine rings is 1. The molecule has 0 aliphatic rings. The zero-order valence-electron chi connectivity index (χ0n) is 17.4. The molecule has 2 heteroatoms. The zero-order valence-corrected chi connectivity index (χ0v) is 17.4. The summed E-state index contributed by atoms with van der Waals surface area (Å²) in [5.74, 6) is 0. The molecular formula is C27H25N2+. The summed E-state index contributed by atoms with van der Waals surface area (Å²) in [5, 5.41) is 3.83. The van der Waals surface area contributed by atoms with E-state index in [0.717, 1.165) is 0 Å². The van der Waals surface area contributed by atoms with Gasteiger partial charge in [0.25, 0.3) is 0 Å². The van der Waals surface area contributed by atoms with Gasteiger partial charge in [0.1, 0.15) is 0 Å². The maximum atomic E-state index is 2.40. The lowest BCUT2D eigenvalue weighted by Gasteiger charge is -2.13. The molecule has 0 radical (unpaired) electrons. The van der Waals surface area contributed by atoms with E-state index in [1.165, 1.54) is 55.4 Å². The van der Waals surface area contributed by atoms with E-state index in [1.54, 1.807) is 0 Å². The fourth-order valence-corrected chi connectivity index (χ4v) is 4.57. The Hall–Kier alpha value is -3.39. The van der Waals surface area contributed by atoms with Crippen molar-refractivity contribution in [2.45, 2.75) is 20.8 Å². The first-order valence-corrected chi connectivity index (χ1v) is 10.1. The van der Waals surface area contributed by atoms with Gasteiger partial charge < -0.3 is 4.57 Å². The molecule has 0 saturated heterocycles. The Kier molecular flexibility index (Phi) is 4.02. The van der Waals surface area contributed by atoms with Gasteiger partial charge in [0.2, 0.25) is 11.2 Å². The normalized spacial score (nSPS) is 11.4. The minimum atomic E-state index is 1.24. The van der Waals surface area contributed by atoms with Gasteiger partial charge in [-0.1, -0.05) is 36.4 Å². The Morgan fingerprint density at radius 3 is 2.31 bits per heavy atom. The van der Waals surface area contributed by atoms with Crippen molar-refractivity contribution in [2.75, 3.05) is 0 Å². The van der Waals surface area contributed by atoms with E-state index >= 15 is 0 Å². The topological polar surface area (TPSA) is 8.81 Å². The molecule has 0 spiro atoms. The summed E-state index contributed by atoms with van der Waals surface area (Å²) >= 11 is 0. The van der Waals surface area contributed by atoms with Crippen LogP contribution in [0, 0.1) is 20.8 Å². The molecule has 0 fully saturated rings. The SMILES string of the molecule is Cc1cc(-c2c3ccccc3cn2C)c(C)c(-[n+]2c(C)ccc3ccccc32)c1. The molecule has 0 unspecified atom stereocenters. The molecule has 0 saturated carbocycles. The quantitative estimate of drug-likeness (QED) is 0.324. The minimum Gasteiger partial charge on any atom is -0.349 e. The van der Waals surface area contributed by atoms with E-state index in [-0.39, 0.29) is 0 Å². The number of para-hydroxylation sites is 1. The molecular weight excluding hydrogens is 352 g/mol. The molecule has 0 atom stereocenters. The maximum absolute atomic E-state index is 2.40. The van der Waals surface area contributed by atoms with Crippen LogP contribution in [0.4, 0.5) is 0 Å². The van der Waals surface area contributed by atoms with Gasteiger partial charge in [0.05, 0.1) is 5.69 Å². The Labute approximate surface area is 171 Å². The second-order valence-electron chi connectivity index (χ2n) is 8.00. The number of aryl methyl sites for hydroxylation is 3. The Morgan fingerprint density at radius 1 is 0.759 bits per heavy atom. The highest BCUT2D eigenvalue weighted by Crippen LogP contribution is 2.34. The van der Waals surface area contributed by atoms with Crippen LogP contribution in [-0.4, -0.2) is 4.57 Å². The molecule has 0 N–H and O–H groups in total. The predicted octanol–water partition coefficient (Wildman–Crippen LogP) is 6.20. The molecule has 3 aromatic carbocycles. The van der Waals surface area contributed by atoms with Crippen LogP contribution in [0.1, 0.15) is 16.8 Å². The van der Waals surface area contributed by atoms with Gasteiger partial charge in [-0.3, -0.25) is 0 Å². The molecule has 29 heavy (non-hydrogen) atoms. The first-order chi connectivity index (χ1) is 14.0. The van der Waals surface area contributed by atoms with Crippen molar-refractivity contribution in [1.29, 1.82) is 0 Å². The van der Waals surface area contributed by atoms with Crippen LogP contribution < -0.4 is 4.57 Å². The highest BCUT2D eigenvalue weighted by molar-refractivity contribution is 5.97. The lowest BCUT2D eigenvalue weighted by Crippen LogP contribution is -2.36. The average Bonchev–Trinajstić information content (AvgIpc) is 3.05. The monoisotopic (exact) mass is 377 g/mol. The Bertz CT molecular complexity index is 1390. The number of nitrogens with zero attached hydrogens (tertiary/aromatic N) is 2. The summed E-state index contributed by atoms with van der Waals surface area (Å²) in [4.78, 5) is 0. The van der Waals surface area contributed by atoms with Crippen molar-refractivity contribution in [2.24, 2.45) is 7.05 Å². The molecule has 0 amide bonds. The minimum absolute atomic E-state index is 1.24. The molecule has 5 aromatic rings. The second kappa shape index (κ2) is 6.59. The number of hydrogen-bond acceptors (Lipinski definition) is 0. The Morgan fingerprint density at radius 2 is 1.48 bits per heavy atom. The molecule has 2 nitrogen and oxygen atoms in total. The van der Waals surface area contributed by atoms with Crippen molar-refractivity contribution in [3.8, 4) is 16.9 Å². The summed E-state index contributed by atoms with van der Waals surface area (Å²) < 4.78 is 4.66. The summed E-state index contributed by atoms with van der Waals surface area (Å²) in [5.41, 5.74) is 8.87. The van der Waals surface area contributed by atoms with Gasteiger partial charge in [-0.15, -0.1) is 0 Å². The Balaban J connectivity index is 1.86. The standard InChI is InChI=1S/C27H25N2/c1-18-15-24(27-23-11-7-5-10-22(23)17-28(27)4)20(3)26(16-18)29-19(2)13-14-21-9-6-8-12-25(21)29/h5-17H,1-4H3/q+1. The molecule has 142 valence electrons. The summed E-state index contributed by atoms with van der Waals surface area (Å²) in [6.45, 7) is 6.63. The molecule has 2 aromatic heterocycles. The molecule has 0 aliphatic carbocycles. The summed E-state index contributed by atoms with van der Waals surface area (Å²) in [7, 11) is 2.15. The van der Waals surface area contributed by atoms with E-state index in [9.17, 15) is 0 Å². The maximum Gasteiger partial charge on any atom is 0.218 e. The van der Waals surface area contributed by atoms with Gasteiger partial charge in [0, 0.05) is 60.3 Å². The van der Waals surface area contributed by atoms with Crippen LogP contribution in [0.15, 0.2) is 79.0 Å². The van der Waals surface area contributed by atoms with Crippen LogP contribution in [0.25, 0.3) is 38.6 Å². The molecule has 5 rings (SSSR count). The van der Waals surface area contributed by atoms with Crippen molar-refractivity contribution >= 4 is 21.7 Å². The van der Waals surface area contributed by atoms with Gasteiger partial charge >= 0.3 is 0 Å². The third kappa shape index (κ3) is 2.75. The molecule has 2 heterocycles. The third-order valence-electron chi connectivity index (χ3n) is 5.96. The fraction of sp³-hybridized carbons (Fsp3) is 0.148. The van der Waals surface area contributed by atoms with Crippen molar-refractivity contribution in [3.63, 3.8) is 0 Å². The zero-order chi connectivity index (χ0) is 20.1. The summed E-state index contributed by atoms with van der Waals surface area (Å²) in [6.07, 6.45) is 2.22. The average molecular weight is 378 g/mol.